The van der Waals surface area contributed by atoms with Crippen LogP contribution in [0.2, 0.25) is 0 Å². The van der Waals surface area contributed by atoms with Gasteiger partial charge in [0, 0.05) is 6.42 Å². The largest absolute Gasteiger partial charge is 0.480 e. The third-order valence-electron chi connectivity index (χ3n) is 4.90. The van der Waals surface area contributed by atoms with E-state index in [9.17, 15) is 19.5 Å². The molecule has 2 heterocycles. The molecule has 2 fully saturated rings. The molecule has 3 atom stereocenters. The predicted molar refractivity (Wildman–Crippen MR) is 108 cm³/mol. The van der Waals surface area contributed by atoms with Gasteiger partial charge in [0.1, 0.15) is 12.1 Å². The number of nitrogens with zero attached hydrogens (tertiary/aromatic N) is 1. The Morgan fingerprint density at radius 2 is 1.96 bits per heavy atom. The Kier molecular flexibility index (Phi) is 6.49. The first kappa shape index (κ1) is 19.8. The molecule has 1 aromatic rings. The number of fused-ring (bicyclic) bond motifs is 1. The van der Waals surface area contributed by atoms with Crippen molar-refractivity contribution in [3.05, 3.63) is 35.9 Å². The first-order valence-electron chi connectivity index (χ1n) is 9.01. The lowest BCUT2D eigenvalue weighted by Crippen LogP contribution is -2.57. The fourth-order valence-electron chi connectivity index (χ4n) is 3.53. The van der Waals surface area contributed by atoms with Gasteiger partial charge in [-0.05, 0) is 37.0 Å². The number of thiocarbonyl (C=S) groups is 1. The molecule has 0 aromatic heterocycles. The van der Waals surface area contributed by atoms with E-state index >= 15 is 0 Å². The highest BCUT2D eigenvalue weighted by Crippen LogP contribution is 2.34. The van der Waals surface area contributed by atoms with Crippen LogP contribution in [0.5, 0.6) is 0 Å². The van der Waals surface area contributed by atoms with Crippen molar-refractivity contribution in [3.63, 3.8) is 0 Å². The van der Waals surface area contributed by atoms with Gasteiger partial charge in [0.15, 0.2) is 0 Å². The van der Waals surface area contributed by atoms with E-state index in [1.165, 1.54) is 4.90 Å². The molecule has 2 amide bonds. The van der Waals surface area contributed by atoms with E-state index in [0.717, 1.165) is 18.4 Å². The van der Waals surface area contributed by atoms with Gasteiger partial charge in [-0.1, -0.05) is 42.5 Å². The van der Waals surface area contributed by atoms with Gasteiger partial charge in [-0.2, -0.15) is 0 Å². The maximum absolute atomic E-state index is 13.0. The number of piperidine rings is 1. The van der Waals surface area contributed by atoms with Crippen LogP contribution in [-0.4, -0.2) is 55.9 Å². The SMILES string of the molecule is O=C(N[C@H]1CCS[C@H]2CCC[C@@H](C(=O)O)N2C1=O)C(=S)Cc1ccccc1. The molecule has 1 aromatic carbocycles. The number of rotatable bonds is 5. The van der Waals surface area contributed by atoms with Crippen molar-refractivity contribution in [2.75, 3.05) is 5.75 Å². The van der Waals surface area contributed by atoms with E-state index in [1.54, 1.807) is 11.8 Å². The van der Waals surface area contributed by atoms with Crippen molar-refractivity contribution in [1.29, 1.82) is 0 Å². The molecule has 0 saturated carbocycles. The molecule has 6 nitrogen and oxygen atoms in total. The smallest absolute Gasteiger partial charge is 0.326 e. The number of aliphatic carboxylic acids is 1. The molecule has 0 radical (unpaired) electrons. The Bertz CT molecular complexity index is 740. The second kappa shape index (κ2) is 8.84. The molecular weight excluding hydrogens is 384 g/mol. The number of nitrogens with one attached hydrogen (secondary N) is 1. The minimum Gasteiger partial charge on any atom is -0.480 e. The summed E-state index contributed by atoms with van der Waals surface area (Å²) in [7, 11) is 0. The summed E-state index contributed by atoms with van der Waals surface area (Å²) in [6.45, 7) is 0. The van der Waals surface area contributed by atoms with Gasteiger partial charge in [-0.15, -0.1) is 11.8 Å². The average Bonchev–Trinajstić information content (AvgIpc) is 2.81. The first-order valence-corrected chi connectivity index (χ1v) is 10.5. The highest BCUT2D eigenvalue weighted by atomic mass is 32.2. The molecule has 2 aliphatic heterocycles. The van der Waals surface area contributed by atoms with Crippen molar-refractivity contribution < 1.29 is 19.5 Å². The van der Waals surface area contributed by atoms with Crippen LogP contribution < -0.4 is 5.32 Å². The Morgan fingerprint density at radius 3 is 2.67 bits per heavy atom. The number of carbonyl (C=O) groups is 3. The number of carboxylic acids is 1. The van der Waals surface area contributed by atoms with Crippen LogP contribution in [0.25, 0.3) is 0 Å². The molecule has 0 aliphatic carbocycles. The fourth-order valence-corrected chi connectivity index (χ4v) is 5.14. The zero-order chi connectivity index (χ0) is 19.4. The molecule has 2 saturated heterocycles. The molecule has 2 aliphatic rings. The van der Waals surface area contributed by atoms with Gasteiger partial charge in [0.25, 0.3) is 5.91 Å². The third kappa shape index (κ3) is 4.68. The topological polar surface area (TPSA) is 86.7 Å². The van der Waals surface area contributed by atoms with Crippen LogP contribution in [0.1, 0.15) is 31.2 Å². The second-order valence-corrected chi connectivity index (χ2v) is 8.53. The second-order valence-electron chi connectivity index (χ2n) is 6.76. The van der Waals surface area contributed by atoms with Gasteiger partial charge in [0.05, 0.1) is 10.2 Å². The summed E-state index contributed by atoms with van der Waals surface area (Å²) >= 11 is 6.84. The highest BCUT2D eigenvalue weighted by Gasteiger charge is 2.43. The van der Waals surface area contributed by atoms with Crippen molar-refractivity contribution >= 4 is 46.6 Å². The van der Waals surface area contributed by atoms with Gasteiger partial charge in [-0.3, -0.25) is 9.59 Å². The van der Waals surface area contributed by atoms with Crippen LogP contribution in [0.4, 0.5) is 0 Å². The lowest BCUT2D eigenvalue weighted by atomic mass is 10.00. The number of carbonyl (C=O) groups excluding carboxylic acids is 2. The number of amides is 2. The molecule has 27 heavy (non-hydrogen) atoms. The average molecular weight is 407 g/mol. The van der Waals surface area contributed by atoms with Gasteiger partial charge in [-0.25, -0.2) is 4.79 Å². The maximum atomic E-state index is 13.0. The lowest BCUT2D eigenvalue weighted by Gasteiger charge is -2.39. The molecule has 144 valence electrons. The number of benzene rings is 1. The standard InChI is InChI=1S/C19H22N2O4S2/c22-17(15(26)11-12-5-2-1-3-6-12)20-13-9-10-27-16-8-4-7-14(19(24)25)21(16)18(13)23/h1-3,5-6,13-14,16H,4,7-11H2,(H,20,22)(H,24,25)/t13-,14-,16-/m0/s1. The monoisotopic (exact) mass is 406 g/mol. The maximum Gasteiger partial charge on any atom is 0.326 e. The normalized spacial score (nSPS) is 25.3. The Labute approximate surface area is 167 Å². The summed E-state index contributed by atoms with van der Waals surface area (Å²) in [5, 5.41) is 12.1. The van der Waals surface area contributed by atoms with Gasteiger partial charge < -0.3 is 15.3 Å². The third-order valence-corrected chi connectivity index (χ3v) is 6.54. The van der Waals surface area contributed by atoms with Crippen LogP contribution >= 0.6 is 24.0 Å². The molecule has 0 bridgehead atoms. The van der Waals surface area contributed by atoms with Gasteiger partial charge in [0.2, 0.25) is 5.91 Å². The van der Waals surface area contributed by atoms with Crippen molar-refractivity contribution in [2.45, 2.75) is 49.6 Å². The van der Waals surface area contributed by atoms with Crippen LogP contribution in [0.3, 0.4) is 0 Å². The zero-order valence-electron chi connectivity index (χ0n) is 14.8. The van der Waals surface area contributed by atoms with E-state index in [0.29, 0.717) is 25.0 Å². The molecule has 3 rings (SSSR count). The predicted octanol–water partition coefficient (Wildman–Crippen LogP) is 2.01. The number of hydrogen-bond donors (Lipinski definition) is 2. The summed E-state index contributed by atoms with van der Waals surface area (Å²) in [5.74, 6) is -1.04. The fraction of sp³-hybridized carbons (Fsp3) is 0.474. The van der Waals surface area contributed by atoms with Crippen molar-refractivity contribution in [3.8, 4) is 0 Å². The minimum atomic E-state index is -0.986. The summed E-state index contributed by atoms with van der Waals surface area (Å²) < 4.78 is 0. The van der Waals surface area contributed by atoms with E-state index in [2.05, 4.69) is 5.32 Å². The summed E-state index contributed by atoms with van der Waals surface area (Å²) in [6.07, 6.45) is 2.83. The number of thioether (sulfide) groups is 1. The Morgan fingerprint density at radius 1 is 1.22 bits per heavy atom. The highest BCUT2D eigenvalue weighted by molar-refractivity contribution is 7.99. The molecule has 0 unspecified atom stereocenters. The van der Waals surface area contributed by atoms with Crippen LogP contribution in [0.15, 0.2) is 30.3 Å². The summed E-state index contributed by atoms with van der Waals surface area (Å²) in [6, 6.07) is 7.88. The molecule has 8 heteroatoms. The van der Waals surface area contributed by atoms with Gasteiger partial charge >= 0.3 is 5.97 Å². The van der Waals surface area contributed by atoms with Crippen molar-refractivity contribution in [2.24, 2.45) is 0 Å². The van der Waals surface area contributed by atoms with E-state index in [4.69, 9.17) is 12.2 Å². The molecule has 0 spiro atoms. The van der Waals surface area contributed by atoms with Crippen LogP contribution in [-0.2, 0) is 20.8 Å². The van der Waals surface area contributed by atoms with Crippen molar-refractivity contribution in [1.82, 2.24) is 10.2 Å². The quantitative estimate of drug-likeness (QED) is 0.728. The minimum absolute atomic E-state index is 0.134. The number of carboxylic acid groups (broad SMARTS) is 1. The van der Waals surface area contributed by atoms with E-state index in [-0.39, 0.29) is 16.1 Å². The number of hydrogen-bond acceptors (Lipinski definition) is 5. The zero-order valence-corrected chi connectivity index (χ0v) is 16.4. The Balaban J connectivity index is 1.68. The van der Waals surface area contributed by atoms with Crippen LogP contribution in [0, 0.1) is 0 Å². The summed E-state index contributed by atoms with van der Waals surface area (Å²) in [4.78, 5) is 38.8. The Hall–Kier alpha value is -1.93. The lowest BCUT2D eigenvalue weighted by molar-refractivity contribution is -0.153. The van der Waals surface area contributed by atoms with E-state index in [1.807, 2.05) is 30.3 Å². The molecule has 2 N–H and O–H groups in total. The summed E-state index contributed by atoms with van der Waals surface area (Å²) in [5.41, 5.74) is 0.933. The molecular formula is C19H22N2O4S2. The van der Waals surface area contributed by atoms with E-state index < -0.39 is 24.0 Å². The first-order chi connectivity index (χ1) is 13.0.